The van der Waals surface area contributed by atoms with Gasteiger partial charge in [0.15, 0.2) is 0 Å². The highest BCUT2D eigenvalue weighted by molar-refractivity contribution is 6.32. The van der Waals surface area contributed by atoms with E-state index in [1.807, 2.05) is 24.3 Å². The van der Waals surface area contributed by atoms with Crippen molar-refractivity contribution in [1.29, 1.82) is 0 Å². The first-order valence-corrected chi connectivity index (χ1v) is 9.88. The summed E-state index contributed by atoms with van der Waals surface area (Å²) in [5.74, 6) is 0.855. The van der Waals surface area contributed by atoms with E-state index in [0.29, 0.717) is 16.6 Å². The molecule has 0 fully saturated rings. The average Bonchev–Trinajstić information content (AvgIpc) is 2.77. The van der Waals surface area contributed by atoms with Crippen molar-refractivity contribution in [1.82, 2.24) is 15.4 Å². The maximum atomic E-state index is 13.3. The summed E-state index contributed by atoms with van der Waals surface area (Å²) in [5.41, 5.74) is 5.93. The third kappa shape index (κ3) is 5.07. The van der Waals surface area contributed by atoms with Gasteiger partial charge in [-0.2, -0.15) is 5.10 Å². The van der Waals surface area contributed by atoms with Gasteiger partial charge in [0.1, 0.15) is 30.3 Å². The van der Waals surface area contributed by atoms with E-state index in [0.717, 1.165) is 27.7 Å². The third-order valence-electron chi connectivity index (χ3n) is 4.48. The SMILES string of the molecule is CNN=Cc1ccc2ncnc(Nc3ccc(OCc4cccc(F)c4)c(Cl)c3)c2c1. The number of hydrogen-bond donors (Lipinski definition) is 2. The fourth-order valence-electron chi connectivity index (χ4n) is 3.01. The van der Waals surface area contributed by atoms with Crippen molar-refractivity contribution < 1.29 is 9.13 Å². The molecule has 8 heteroatoms. The molecule has 0 unspecified atom stereocenters. The molecule has 0 aliphatic rings. The monoisotopic (exact) mass is 435 g/mol. The van der Waals surface area contributed by atoms with E-state index in [1.165, 1.54) is 18.5 Å². The molecule has 0 amide bonds. The highest BCUT2D eigenvalue weighted by Crippen LogP contribution is 2.31. The summed E-state index contributed by atoms with van der Waals surface area (Å²) in [6.07, 6.45) is 3.22. The van der Waals surface area contributed by atoms with Crippen LogP contribution in [0, 0.1) is 5.82 Å². The van der Waals surface area contributed by atoms with Gasteiger partial charge in [0, 0.05) is 18.1 Å². The van der Waals surface area contributed by atoms with E-state index in [-0.39, 0.29) is 12.4 Å². The van der Waals surface area contributed by atoms with Gasteiger partial charge >= 0.3 is 0 Å². The van der Waals surface area contributed by atoms with Crippen LogP contribution in [0.15, 0.2) is 72.1 Å². The lowest BCUT2D eigenvalue weighted by molar-refractivity contribution is 0.306. The van der Waals surface area contributed by atoms with Crippen LogP contribution in [0.2, 0.25) is 5.02 Å². The Hall–Kier alpha value is -3.71. The summed E-state index contributed by atoms with van der Waals surface area (Å²) in [6, 6.07) is 17.4. The number of nitrogens with zero attached hydrogens (tertiary/aromatic N) is 3. The molecule has 0 aliphatic heterocycles. The van der Waals surface area contributed by atoms with Crippen LogP contribution in [0.5, 0.6) is 5.75 Å². The van der Waals surface area contributed by atoms with E-state index >= 15 is 0 Å². The van der Waals surface area contributed by atoms with Crippen LogP contribution in [-0.2, 0) is 6.61 Å². The lowest BCUT2D eigenvalue weighted by Crippen LogP contribution is -1.99. The van der Waals surface area contributed by atoms with Crippen molar-refractivity contribution in [3.05, 3.63) is 89.0 Å². The number of benzene rings is 3. The Morgan fingerprint density at radius 3 is 2.81 bits per heavy atom. The molecule has 0 spiro atoms. The van der Waals surface area contributed by atoms with Crippen molar-refractivity contribution in [3.63, 3.8) is 0 Å². The summed E-state index contributed by atoms with van der Waals surface area (Å²) in [6.45, 7) is 0.220. The zero-order valence-electron chi connectivity index (χ0n) is 16.6. The van der Waals surface area contributed by atoms with Crippen molar-refractivity contribution in [2.45, 2.75) is 6.61 Å². The van der Waals surface area contributed by atoms with E-state index in [2.05, 4.69) is 25.8 Å². The summed E-state index contributed by atoms with van der Waals surface area (Å²) in [4.78, 5) is 8.68. The molecule has 0 bridgehead atoms. The van der Waals surface area contributed by atoms with Gasteiger partial charge in [0.25, 0.3) is 0 Å². The smallest absolute Gasteiger partial charge is 0.141 e. The van der Waals surface area contributed by atoms with Crippen LogP contribution < -0.4 is 15.5 Å². The van der Waals surface area contributed by atoms with Gasteiger partial charge in [-0.1, -0.05) is 29.8 Å². The minimum Gasteiger partial charge on any atom is -0.487 e. The first-order valence-electron chi connectivity index (χ1n) is 9.51. The normalized spacial score (nSPS) is 11.1. The molecule has 0 aliphatic carbocycles. The minimum absolute atomic E-state index is 0.220. The highest BCUT2D eigenvalue weighted by atomic mass is 35.5. The Labute approximate surface area is 183 Å². The van der Waals surface area contributed by atoms with Crippen molar-refractivity contribution in [3.8, 4) is 5.75 Å². The van der Waals surface area contributed by atoms with E-state index < -0.39 is 0 Å². The molecular formula is C23H19ClFN5O. The molecule has 156 valence electrons. The third-order valence-corrected chi connectivity index (χ3v) is 4.78. The fourth-order valence-corrected chi connectivity index (χ4v) is 3.25. The Morgan fingerprint density at radius 2 is 2.00 bits per heavy atom. The van der Waals surface area contributed by atoms with Crippen LogP contribution in [0.3, 0.4) is 0 Å². The molecule has 31 heavy (non-hydrogen) atoms. The molecule has 0 atom stereocenters. The number of hydrogen-bond acceptors (Lipinski definition) is 6. The second kappa shape index (κ2) is 9.40. The number of halogens is 2. The van der Waals surface area contributed by atoms with Crippen LogP contribution in [0.1, 0.15) is 11.1 Å². The summed E-state index contributed by atoms with van der Waals surface area (Å²) in [5, 5.41) is 8.60. The Kier molecular flexibility index (Phi) is 6.24. The van der Waals surface area contributed by atoms with E-state index in [9.17, 15) is 4.39 Å². The maximum Gasteiger partial charge on any atom is 0.141 e. The zero-order valence-corrected chi connectivity index (χ0v) is 17.4. The lowest BCUT2D eigenvalue weighted by atomic mass is 10.1. The number of fused-ring (bicyclic) bond motifs is 1. The number of anilines is 2. The number of ether oxygens (including phenoxy) is 1. The zero-order chi connectivity index (χ0) is 21.6. The lowest BCUT2D eigenvalue weighted by Gasteiger charge is -2.12. The Morgan fingerprint density at radius 1 is 1.10 bits per heavy atom. The molecule has 3 aromatic carbocycles. The highest BCUT2D eigenvalue weighted by Gasteiger charge is 2.08. The molecule has 6 nitrogen and oxygen atoms in total. The first kappa shape index (κ1) is 20.6. The van der Waals surface area contributed by atoms with Crippen LogP contribution in [-0.4, -0.2) is 23.2 Å². The second-order valence-corrected chi connectivity index (χ2v) is 7.08. The minimum atomic E-state index is -0.302. The molecule has 2 N–H and O–H groups in total. The summed E-state index contributed by atoms with van der Waals surface area (Å²) >= 11 is 6.40. The predicted molar refractivity (Wildman–Crippen MR) is 122 cm³/mol. The van der Waals surface area contributed by atoms with E-state index in [4.69, 9.17) is 16.3 Å². The fraction of sp³-hybridized carbons (Fsp3) is 0.0870. The van der Waals surface area contributed by atoms with Crippen molar-refractivity contribution >= 4 is 40.2 Å². The van der Waals surface area contributed by atoms with Gasteiger partial charge in [-0.25, -0.2) is 14.4 Å². The van der Waals surface area contributed by atoms with Crippen LogP contribution in [0.25, 0.3) is 10.9 Å². The quantitative estimate of drug-likeness (QED) is 0.304. The molecule has 4 rings (SSSR count). The molecule has 4 aromatic rings. The largest absolute Gasteiger partial charge is 0.487 e. The van der Waals surface area contributed by atoms with Crippen LogP contribution in [0.4, 0.5) is 15.9 Å². The molecular weight excluding hydrogens is 417 g/mol. The van der Waals surface area contributed by atoms with E-state index in [1.54, 1.807) is 37.5 Å². The van der Waals surface area contributed by atoms with Gasteiger partial charge in [-0.3, -0.25) is 0 Å². The number of hydrazone groups is 1. The number of aromatic nitrogens is 2. The molecule has 1 aromatic heterocycles. The van der Waals surface area contributed by atoms with Gasteiger partial charge in [-0.05, 0) is 53.6 Å². The molecule has 1 heterocycles. The maximum absolute atomic E-state index is 13.3. The van der Waals surface area contributed by atoms with Gasteiger partial charge in [0.2, 0.25) is 0 Å². The molecule has 0 radical (unpaired) electrons. The van der Waals surface area contributed by atoms with Gasteiger partial charge in [0.05, 0.1) is 16.8 Å². The average molecular weight is 436 g/mol. The van der Waals surface area contributed by atoms with Crippen LogP contribution >= 0.6 is 11.6 Å². The summed E-state index contributed by atoms with van der Waals surface area (Å²) < 4.78 is 19.1. The predicted octanol–water partition coefficient (Wildman–Crippen LogP) is 5.30. The van der Waals surface area contributed by atoms with Crippen molar-refractivity contribution in [2.75, 3.05) is 12.4 Å². The second-order valence-electron chi connectivity index (χ2n) is 6.67. The molecule has 0 saturated carbocycles. The first-order chi connectivity index (χ1) is 15.1. The topological polar surface area (TPSA) is 71.4 Å². The van der Waals surface area contributed by atoms with Gasteiger partial charge < -0.3 is 15.5 Å². The standard InChI is InChI=1S/C23H19ClFN5O/c1-26-29-12-15-5-7-21-19(10-15)23(28-14-27-21)30-18-6-8-22(20(24)11-18)31-13-16-3-2-4-17(25)9-16/h2-12,14,26H,13H2,1H3,(H,27,28,30). The van der Waals surface area contributed by atoms with Crippen molar-refractivity contribution in [2.24, 2.45) is 5.10 Å². The Balaban J connectivity index is 1.53. The Bertz CT molecular complexity index is 1250. The number of nitrogens with one attached hydrogen (secondary N) is 2. The number of rotatable bonds is 7. The summed E-state index contributed by atoms with van der Waals surface area (Å²) in [7, 11) is 1.74. The molecule has 0 saturated heterocycles. The van der Waals surface area contributed by atoms with Gasteiger partial charge in [-0.15, -0.1) is 0 Å².